The van der Waals surface area contributed by atoms with Gasteiger partial charge in [0.15, 0.2) is 0 Å². The van der Waals surface area contributed by atoms with Crippen LogP contribution in [0, 0.1) is 0 Å². The normalized spacial score (nSPS) is 24.9. The van der Waals surface area contributed by atoms with Crippen molar-refractivity contribution in [2.24, 2.45) is 5.73 Å². The van der Waals surface area contributed by atoms with Crippen molar-refractivity contribution < 1.29 is 4.79 Å². The van der Waals surface area contributed by atoms with E-state index < -0.39 is 0 Å². The lowest BCUT2D eigenvalue weighted by Gasteiger charge is -2.34. The van der Waals surface area contributed by atoms with Crippen molar-refractivity contribution in [1.29, 1.82) is 0 Å². The first-order valence-corrected chi connectivity index (χ1v) is 5.92. The molecule has 88 valence electrons. The lowest BCUT2D eigenvalue weighted by Crippen LogP contribution is -2.52. The molecule has 4 heteroatoms. The molecule has 0 aliphatic carbocycles. The van der Waals surface area contributed by atoms with Gasteiger partial charge in [0.05, 0.1) is 6.04 Å². The first-order chi connectivity index (χ1) is 7.15. The Balaban J connectivity index is 2.37. The van der Waals surface area contributed by atoms with Crippen LogP contribution in [-0.4, -0.2) is 42.5 Å². The van der Waals surface area contributed by atoms with Crippen LogP contribution in [-0.2, 0) is 4.79 Å². The van der Waals surface area contributed by atoms with Crippen molar-refractivity contribution in [3.8, 4) is 0 Å². The molecule has 0 saturated carbocycles. The van der Waals surface area contributed by atoms with E-state index in [2.05, 4.69) is 17.1 Å². The van der Waals surface area contributed by atoms with Crippen LogP contribution >= 0.6 is 0 Å². The lowest BCUT2D eigenvalue weighted by atomic mass is 10.0. The lowest BCUT2D eigenvalue weighted by molar-refractivity contribution is -0.126. The summed E-state index contributed by atoms with van der Waals surface area (Å²) in [7, 11) is 0. The summed E-state index contributed by atoms with van der Waals surface area (Å²) in [6.45, 7) is 6.63. The molecule has 1 aliphatic rings. The SMILES string of the molecule is CCCNC(=O)C(C)N1CCC[C@@H](N)C1. The number of likely N-dealkylation sites (tertiary alicyclic amines) is 1. The van der Waals surface area contributed by atoms with Gasteiger partial charge in [0.1, 0.15) is 0 Å². The fourth-order valence-corrected chi connectivity index (χ4v) is 1.95. The molecule has 1 fully saturated rings. The third-order valence-electron chi connectivity index (χ3n) is 2.97. The number of rotatable bonds is 4. The molecule has 0 aromatic carbocycles. The minimum Gasteiger partial charge on any atom is -0.355 e. The van der Waals surface area contributed by atoms with Gasteiger partial charge in [-0.2, -0.15) is 0 Å². The van der Waals surface area contributed by atoms with E-state index in [9.17, 15) is 4.79 Å². The number of carbonyl (C=O) groups excluding carboxylic acids is 1. The fraction of sp³-hybridized carbons (Fsp3) is 0.909. The fourth-order valence-electron chi connectivity index (χ4n) is 1.95. The van der Waals surface area contributed by atoms with E-state index in [1.807, 2.05) is 6.92 Å². The van der Waals surface area contributed by atoms with Crippen molar-refractivity contribution in [2.75, 3.05) is 19.6 Å². The summed E-state index contributed by atoms with van der Waals surface area (Å²) in [5.41, 5.74) is 5.89. The summed E-state index contributed by atoms with van der Waals surface area (Å²) >= 11 is 0. The maximum absolute atomic E-state index is 11.7. The highest BCUT2D eigenvalue weighted by molar-refractivity contribution is 5.81. The van der Waals surface area contributed by atoms with Gasteiger partial charge in [0, 0.05) is 19.1 Å². The topological polar surface area (TPSA) is 58.4 Å². The van der Waals surface area contributed by atoms with E-state index in [-0.39, 0.29) is 18.0 Å². The van der Waals surface area contributed by atoms with E-state index in [1.54, 1.807) is 0 Å². The molecule has 0 radical (unpaired) electrons. The Kier molecular flexibility index (Phi) is 5.05. The molecule has 1 heterocycles. The van der Waals surface area contributed by atoms with Crippen molar-refractivity contribution in [1.82, 2.24) is 10.2 Å². The van der Waals surface area contributed by atoms with E-state index in [0.717, 1.165) is 38.9 Å². The van der Waals surface area contributed by atoms with Crippen LogP contribution in [0.3, 0.4) is 0 Å². The highest BCUT2D eigenvalue weighted by Gasteiger charge is 2.25. The maximum Gasteiger partial charge on any atom is 0.237 e. The first-order valence-electron chi connectivity index (χ1n) is 5.92. The van der Waals surface area contributed by atoms with Crippen molar-refractivity contribution in [3.05, 3.63) is 0 Å². The van der Waals surface area contributed by atoms with Gasteiger partial charge >= 0.3 is 0 Å². The second kappa shape index (κ2) is 6.08. The Bertz CT molecular complexity index is 208. The summed E-state index contributed by atoms with van der Waals surface area (Å²) < 4.78 is 0. The highest BCUT2D eigenvalue weighted by Crippen LogP contribution is 2.11. The number of amides is 1. The van der Waals surface area contributed by atoms with Gasteiger partial charge < -0.3 is 11.1 Å². The van der Waals surface area contributed by atoms with Gasteiger partial charge in [0.25, 0.3) is 0 Å². The third-order valence-corrected chi connectivity index (χ3v) is 2.97. The van der Waals surface area contributed by atoms with Crippen LogP contribution < -0.4 is 11.1 Å². The molecular weight excluding hydrogens is 190 g/mol. The Labute approximate surface area is 92.2 Å². The molecule has 1 rings (SSSR count). The van der Waals surface area contributed by atoms with Gasteiger partial charge in [-0.3, -0.25) is 9.69 Å². The average Bonchev–Trinajstić information content (AvgIpc) is 2.24. The highest BCUT2D eigenvalue weighted by atomic mass is 16.2. The minimum absolute atomic E-state index is 0.0390. The Morgan fingerprint density at radius 3 is 3.00 bits per heavy atom. The average molecular weight is 213 g/mol. The van der Waals surface area contributed by atoms with Gasteiger partial charge in [0.2, 0.25) is 5.91 Å². The van der Waals surface area contributed by atoms with Gasteiger partial charge in [-0.25, -0.2) is 0 Å². The summed E-state index contributed by atoms with van der Waals surface area (Å²) in [6.07, 6.45) is 3.17. The molecule has 3 N–H and O–H groups in total. The summed E-state index contributed by atoms with van der Waals surface area (Å²) in [5.74, 6) is 0.131. The molecule has 2 atom stereocenters. The molecule has 15 heavy (non-hydrogen) atoms. The van der Waals surface area contributed by atoms with E-state index in [1.165, 1.54) is 0 Å². The Morgan fingerprint density at radius 1 is 1.67 bits per heavy atom. The number of carbonyl (C=O) groups is 1. The summed E-state index contributed by atoms with van der Waals surface area (Å²) in [6, 6.07) is 0.197. The van der Waals surface area contributed by atoms with Crippen molar-refractivity contribution >= 4 is 5.91 Å². The van der Waals surface area contributed by atoms with Crippen LogP contribution in [0.25, 0.3) is 0 Å². The Hall–Kier alpha value is -0.610. The van der Waals surface area contributed by atoms with Crippen LogP contribution in [0.2, 0.25) is 0 Å². The second-order valence-corrected chi connectivity index (χ2v) is 4.36. The number of hydrogen-bond donors (Lipinski definition) is 2. The van der Waals surface area contributed by atoms with Gasteiger partial charge in [-0.1, -0.05) is 6.92 Å². The molecule has 1 unspecified atom stereocenters. The van der Waals surface area contributed by atoms with E-state index >= 15 is 0 Å². The summed E-state index contributed by atoms with van der Waals surface area (Å²) in [4.78, 5) is 13.9. The zero-order valence-corrected chi connectivity index (χ0v) is 9.83. The Morgan fingerprint density at radius 2 is 2.40 bits per heavy atom. The van der Waals surface area contributed by atoms with Gasteiger partial charge in [-0.05, 0) is 32.7 Å². The number of hydrogen-bond acceptors (Lipinski definition) is 3. The molecule has 1 saturated heterocycles. The number of nitrogens with zero attached hydrogens (tertiary/aromatic N) is 1. The monoisotopic (exact) mass is 213 g/mol. The summed E-state index contributed by atoms with van der Waals surface area (Å²) in [5, 5.41) is 2.92. The zero-order chi connectivity index (χ0) is 11.3. The van der Waals surface area contributed by atoms with Crippen LogP contribution in [0.1, 0.15) is 33.1 Å². The maximum atomic E-state index is 11.7. The molecule has 0 aromatic heterocycles. The van der Waals surface area contributed by atoms with Crippen molar-refractivity contribution in [3.63, 3.8) is 0 Å². The van der Waals surface area contributed by atoms with Crippen LogP contribution in [0.15, 0.2) is 0 Å². The molecule has 0 bridgehead atoms. The number of nitrogens with two attached hydrogens (primary N) is 1. The van der Waals surface area contributed by atoms with Gasteiger partial charge in [-0.15, -0.1) is 0 Å². The predicted octanol–water partition coefficient (Wildman–Crippen LogP) is 0.324. The second-order valence-electron chi connectivity index (χ2n) is 4.36. The number of nitrogens with one attached hydrogen (secondary N) is 1. The molecule has 4 nitrogen and oxygen atoms in total. The van der Waals surface area contributed by atoms with Crippen LogP contribution in [0.5, 0.6) is 0 Å². The minimum atomic E-state index is -0.0390. The smallest absolute Gasteiger partial charge is 0.237 e. The van der Waals surface area contributed by atoms with Crippen LogP contribution in [0.4, 0.5) is 0 Å². The van der Waals surface area contributed by atoms with E-state index in [0.29, 0.717) is 0 Å². The zero-order valence-electron chi connectivity index (χ0n) is 9.83. The van der Waals surface area contributed by atoms with E-state index in [4.69, 9.17) is 5.73 Å². The number of piperidine rings is 1. The molecule has 0 aromatic rings. The molecular formula is C11H23N3O. The predicted molar refractivity (Wildman–Crippen MR) is 61.5 cm³/mol. The standard InChI is InChI=1S/C11H23N3O/c1-3-6-13-11(15)9(2)14-7-4-5-10(12)8-14/h9-10H,3-8,12H2,1-2H3,(H,13,15)/t9?,10-/m1/s1. The largest absolute Gasteiger partial charge is 0.355 e. The third kappa shape index (κ3) is 3.80. The molecule has 1 amide bonds. The molecule has 1 aliphatic heterocycles. The van der Waals surface area contributed by atoms with Crippen molar-refractivity contribution in [2.45, 2.75) is 45.2 Å². The quantitative estimate of drug-likeness (QED) is 0.707. The molecule has 0 spiro atoms. The first kappa shape index (κ1) is 12.5.